The summed E-state index contributed by atoms with van der Waals surface area (Å²) >= 11 is 0. The summed E-state index contributed by atoms with van der Waals surface area (Å²) in [5.41, 5.74) is 0. The number of unbranched alkanes of at least 4 members (excludes halogenated alkanes) is 11. The van der Waals surface area contributed by atoms with Crippen LogP contribution in [-0.4, -0.2) is 65.7 Å². The van der Waals surface area contributed by atoms with E-state index < -0.39 is 58.4 Å². The lowest BCUT2D eigenvalue weighted by atomic mass is 10.1. The predicted octanol–water partition coefficient (Wildman–Crippen LogP) is 5.77. The van der Waals surface area contributed by atoms with Crippen molar-refractivity contribution in [1.82, 2.24) is 0 Å². The highest BCUT2D eigenvalue weighted by Crippen LogP contribution is 2.43. The number of esters is 2. The summed E-state index contributed by atoms with van der Waals surface area (Å²) < 4.78 is 31.6. The standard InChI is InChI=1S/C28H53O10P/c1-3-5-6-7-8-9-10-11-12-13-14-15-16-17-18-20-28(32)38-26(22-30)24-36-39(33,34)35-23-25(21-29)37-27(31)19-4-2/h11-12,25-26,29-30H,3-10,13-24H2,1-2H3,(H,33,34)/b12-11-. The van der Waals surface area contributed by atoms with Crippen molar-refractivity contribution in [3.63, 3.8) is 0 Å². The van der Waals surface area contributed by atoms with Crippen LogP contribution in [-0.2, 0) is 32.7 Å². The molecule has 0 saturated heterocycles. The summed E-state index contributed by atoms with van der Waals surface area (Å²) in [6.45, 7) is 1.72. The van der Waals surface area contributed by atoms with E-state index in [1.54, 1.807) is 6.92 Å². The highest BCUT2D eigenvalue weighted by Gasteiger charge is 2.27. The smallest absolute Gasteiger partial charge is 0.457 e. The van der Waals surface area contributed by atoms with Gasteiger partial charge in [0.1, 0.15) is 12.2 Å². The van der Waals surface area contributed by atoms with Crippen LogP contribution in [0.5, 0.6) is 0 Å². The van der Waals surface area contributed by atoms with Gasteiger partial charge in [0.05, 0.1) is 26.4 Å². The summed E-state index contributed by atoms with van der Waals surface area (Å²) in [4.78, 5) is 33.3. The average Bonchev–Trinajstić information content (AvgIpc) is 2.91. The van der Waals surface area contributed by atoms with Crippen LogP contribution in [0, 0.1) is 0 Å². The summed E-state index contributed by atoms with van der Waals surface area (Å²) in [5, 5.41) is 18.7. The number of phosphoric ester groups is 1. The molecule has 3 atom stereocenters. The van der Waals surface area contributed by atoms with Crippen molar-refractivity contribution in [2.75, 3.05) is 26.4 Å². The minimum Gasteiger partial charge on any atom is -0.457 e. The van der Waals surface area contributed by atoms with E-state index in [2.05, 4.69) is 19.1 Å². The molecule has 0 aromatic carbocycles. The minimum absolute atomic E-state index is 0.143. The molecule has 0 aliphatic rings. The summed E-state index contributed by atoms with van der Waals surface area (Å²) in [6, 6.07) is 0. The van der Waals surface area contributed by atoms with Gasteiger partial charge in [-0.2, -0.15) is 0 Å². The van der Waals surface area contributed by atoms with Crippen molar-refractivity contribution >= 4 is 19.8 Å². The molecule has 0 saturated carbocycles. The zero-order valence-electron chi connectivity index (χ0n) is 24.1. The molecule has 0 bridgehead atoms. The zero-order valence-corrected chi connectivity index (χ0v) is 25.0. The van der Waals surface area contributed by atoms with E-state index in [-0.39, 0.29) is 12.8 Å². The number of ether oxygens (including phenoxy) is 2. The molecule has 0 rings (SSSR count). The summed E-state index contributed by atoms with van der Waals surface area (Å²) in [6.07, 6.45) is 18.2. The van der Waals surface area contributed by atoms with Gasteiger partial charge in [-0.1, -0.05) is 77.4 Å². The summed E-state index contributed by atoms with van der Waals surface area (Å²) in [5.74, 6) is -1.08. The topological polar surface area (TPSA) is 149 Å². The van der Waals surface area contributed by atoms with Gasteiger partial charge in [-0.15, -0.1) is 0 Å². The quantitative estimate of drug-likeness (QED) is 0.0473. The van der Waals surface area contributed by atoms with Crippen molar-refractivity contribution in [3.8, 4) is 0 Å². The number of allylic oxidation sites excluding steroid dienone is 2. The molecule has 0 spiro atoms. The molecule has 0 aliphatic heterocycles. The zero-order chi connectivity index (χ0) is 29.2. The van der Waals surface area contributed by atoms with Crippen molar-refractivity contribution in [1.29, 1.82) is 0 Å². The number of carbonyl (C=O) groups excluding carboxylic acids is 2. The van der Waals surface area contributed by atoms with Crippen LogP contribution in [0.15, 0.2) is 12.2 Å². The largest absolute Gasteiger partial charge is 0.472 e. The second-order valence-corrected chi connectivity index (χ2v) is 11.2. The Bertz CT molecular complexity index is 685. The molecular formula is C28H53O10P. The first kappa shape index (κ1) is 37.7. The van der Waals surface area contributed by atoms with E-state index in [9.17, 15) is 29.3 Å². The van der Waals surface area contributed by atoms with Crippen LogP contribution in [0.4, 0.5) is 0 Å². The van der Waals surface area contributed by atoms with Crippen molar-refractivity contribution in [2.24, 2.45) is 0 Å². The minimum atomic E-state index is -4.59. The fraction of sp³-hybridized carbons (Fsp3) is 0.857. The molecule has 3 unspecified atom stereocenters. The third-order valence-corrected chi connectivity index (χ3v) is 6.90. The highest BCUT2D eigenvalue weighted by atomic mass is 31.2. The Balaban J connectivity index is 3.93. The molecule has 0 aliphatic carbocycles. The first-order valence-electron chi connectivity index (χ1n) is 14.6. The fourth-order valence-electron chi connectivity index (χ4n) is 3.67. The van der Waals surface area contributed by atoms with Crippen molar-refractivity contribution < 1.29 is 47.8 Å². The Morgan fingerprint density at radius 3 is 1.56 bits per heavy atom. The highest BCUT2D eigenvalue weighted by molar-refractivity contribution is 7.47. The second kappa shape index (κ2) is 25.7. The maximum atomic E-state index is 12.0. The van der Waals surface area contributed by atoms with E-state index in [4.69, 9.17) is 18.5 Å². The first-order chi connectivity index (χ1) is 18.8. The van der Waals surface area contributed by atoms with Crippen LogP contribution >= 0.6 is 7.82 Å². The molecule has 230 valence electrons. The second-order valence-electron chi connectivity index (χ2n) is 9.73. The van der Waals surface area contributed by atoms with Gasteiger partial charge in [0.2, 0.25) is 0 Å². The normalized spacial score (nSPS) is 14.7. The number of rotatable bonds is 27. The lowest BCUT2D eigenvalue weighted by molar-refractivity contribution is -0.153. The van der Waals surface area contributed by atoms with Crippen LogP contribution in [0.25, 0.3) is 0 Å². The number of aliphatic hydroxyl groups is 2. The molecule has 0 aromatic rings. The fourth-order valence-corrected chi connectivity index (χ4v) is 4.46. The molecule has 0 heterocycles. The number of aliphatic hydroxyl groups excluding tert-OH is 2. The van der Waals surface area contributed by atoms with Gasteiger partial charge in [0.25, 0.3) is 0 Å². The monoisotopic (exact) mass is 580 g/mol. The van der Waals surface area contributed by atoms with E-state index in [1.165, 1.54) is 38.5 Å². The Morgan fingerprint density at radius 1 is 0.667 bits per heavy atom. The van der Waals surface area contributed by atoms with Gasteiger partial charge in [-0.05, 0) is 38.5 Å². The number of hydrogen-bond donors (Lipinski definition) is 3. The third-order valence-electron chi connectivity index (χ3n) is 5.95. The molecule has 0 radical (unpaired) electrons. The van der Waals surface area contributed by atoms with E-state index in [0.717, 1.165) is 38.5 Å². The molecule has 10 nitrogen and oxygen atoms in total. The van der Waals surface area contributed by atoms with Gasteiger partial charge in [-0.25, -0.2) is 4.57 Å². The van der Waals surface area contributed by atoms with Gasteiger partial charge < -0.3 is 24.6 Å². The predicted molar refractivity (Wildman–Crippen MR) is 150 cm³/mol. The van der Waals surface area contributed by atoms with Gasteiger partial charge in [-0.3, -0.25) is 18.6 Å². The molecule has 0 aromatic heterocycles. The summed E-state index contributed by atoms with van der Waals surface area (Å²) in [7, 11) is -4.59. The molecule has 39 heavy (non-hydrogen) atoms. The molecule has 11 heteroatoms. The molecule has 0 amide bonds. The van der Waals surface area contributed by atoms with Gasteiger partial charge >= 0.3 is 19.8 Å². The SMILES string of the molecule is CCCCCCCC/C=C\CCCCCCCC(=O)OC(CO)COP(=O)(O)OCC(CO)OC(=O)CCC. The van der Waals surface area contributed by atoms with Gasteiger partial charge in [0, 0.05) is 12.8 Å². The van der Waals surface area contributed by atoms with E-state index in [1.807, 2.05) is 0 Å². The van der Waals surface area contributed by atoms with Gasteiger partial charge in [0.15, 0.2) is 0 Å². The average molecular weight is 581 g/mol. The molecule has 0 fully saturated rings. The van der Waals surface area contributed by atoms with Crippen LogP contribution in [0.3, 0.4) is 0 Å². The Kier molecular flexibility index (Phi) is 24.8. The molecule has 3 N–H and O–H groups in total. The van der Waals surface area contributed by atoms with E-state index in [0.29, 0.717) is 12.8 Å². The van der Waals surface area contributed by atoms with Crippen LogP contribution in [0.2, 0.25) is 0 Å². The lowest BCUT2D eigenvalue weighted by Gasteiger charge is -2.20. The van der Waals surface area contributed by atoms with E-state index >= 15 is 0 Å². The molecular weight excluding hydrogens is 527 g/mol. The van der Waals surface area contributed by atoms with Crippen LogP contribution in [0.1, 0.15) is 117 Å². The maximum Gasteiger partial charge on any atom is 0.472 e. The Labute approximate surface area is 235 Å². The number of carbonyl (C=O) groups is 2. The van der Waals surface area contributed by atoms with Crippen LogP contribution < -0.4 is 0 Å². The number of hydrogen-bond acceptors (Lipinski definition) is 9. The lowest BCUT2D eigenvalue weighted by Crippen LogP contribution is -2.28. The van der Waals surface area contributed by atoms with Crippen molar-refractivity contribution in [3.05, 3.63) is 12.2 Å². The Morgan fingerprint density at radius 2 is 1.10 bits per heavy atom. The first-order valence-corrected chi connectivity index (χ1v) is 16.1. The third kappa shape index (κ3) is 24.2. The van der Waals surface area contributed by atoms with Crippen molar-refractivity contribution in [2.45, 2.75) is 129 Å². The number of phosphoric acid groups is 1. The maximum absolute atomic E-state index is 12.0. The Hall–Kier alpha value is -1.29.